The van der Waals surface area contributed by atoms with E-state index in [2.05, 4.69) is 83.1 Å². The molecule has 0 spiro atoms. The maximum absolute atomic E-state index is 14.9. The number of amides is 1. The second kappa shape index (κ2) is 11.2. The van der Waals surface area contributed by atoms with Crippen LogP contribution in [-0.4, -0.2) is 49.3 Å². The number of carbonyl (C=O) groups excluding carboxylic acids is 2. The average molecular weight is 721 g/mol. The van der Waals surface area contributed by atoms with Gasteiger partial charge in [-0.2, -0.15) is 0 Å². The molecule has 2 unspecified atom stereocenters. The fourth-order valence-electron chi connectivity index (χ4n) is 12.9. The van der Waals surface area contributed by atoms with Gasteiger partial charge in [-0.15, -0.1) is 0 Å². The first-order valence-corrected chi connectivity index (χ1v) is 19.9. The number of nitrogens with zero attached hydrogens (tertiary/aromatic N) is 1. The van der Waals surface area contributed by atoms with E-state index in [-0.39, 0.29) is 39.9 Å². The van der Waals surface area contributed by atoms with E-state index in [1.807, 2.05) is 33.8 Å². The number of aliphatic hydroxyl groups excluding tert-OH is 2. The molecule has 284 valence electrons. The molecule has 2 saturated carbocycles. The van der Waals surface area contributed by atoms with E-state index in [9.17, 15) is 19.8 Å². The minimum atomic E-state index is -0.853. The van der Waals surface area contributed by atoms with E-state index in [4.69, 9.17) is 4.74 Å². The zero-order valence-electron chi connectivity index (χ0n) is 33.7. The van der Waals surface area contributed by atoms with E-state index in [0.29, 0.717) is 17.9 Å². The van der Waals surface area contributed by atoms with Crippen LogP contribution in [0.3, 0.4) is 0 Å². The molecule has 8 rings (SSSR count). The highest BCUT2D eigenvalue weighted by atomic mass is 16.5. The van der Waals surface area contributed by atoms with Crippen LogP contribution in [0, 0.1) is 28.6 Å². The van der Waals surface area contributed by atoms with Crippen molar-refractivity contribution in [3.8, 4) is 0 Å². The summed E-state index contributed by atoms with van der Waals surface area (Å²) in [6, 6.07) is 1.78. The number of ether oxygens (including phenoxy) is 1. The zero-order valence-corrected chi connectivity index (χ0v) is 33.7. The summed E-state index contributed by atoms with van der Waals surface area (Å²) in [5.41, 5.74) is 5.48. The third-order valence-corrected chi connectivity index (χ3v) is 14.9. The molecule has 3 heterocycles. The minimum Gasteiger partial charge on any atom is -0.392 e. The largest absolute Gasteiger partial charge is 0.392 e. The van der Waals surface area contributed by atoms with Crippen LogP contribution in [0.15, 0.2) is 48.6 Å². The molecule has 1 amide bonds. The number of allylic oxidation sites excluding steroid dienone is 3. The molecule has 53 heavy (non-hydrogen) atoms. The lowest BCUT2D eigenvalue weighted by molar-refractivity contribution is -0.144. The molecule has 1 aromatic carbocycles. The molecule has 2 fully saturated rings. The smallest absolute Gasteiger partial charge is 0.244 e. The predicted octanol–water partition coefficient (Wildman–Crippen LogP) is 8.62. The van der Waals surface area contributed by atoms with Gasteiger partial charge < -0.3 is 24.8 Å². The summed E-state index contributed by atoms with van der Waals surface area (Å²) >= 11 is 0. The highest BCUT2D eigenvalue weighted by molar-refractivity contribution is 6.18. The number of aliphatic hydroxyl groups is 2. The Bertz CT molecular complexity index is 2090. The molecule has 6 aliphatic rings. The lowest BCUT2D eigenvalue weighted by Gasteiger charge is -2.64. The Morgan fingerprint density at radius 2 is 1.75 bits per heavy atom. The Labute approximate surface area is 315 Å². The molecule has 4 aliphatic carbocycles. The van der Waals surface area contributed by atoms with Crippen LogP contribution in [0.1, 0.15) is 147 Å². The van der Waals surface area contributed by atoms with Gasteiger partial charge in [0.15, 0.2) is 5.78 Å². The number of fused-ring (bicyclic) bond motifs is 11. The maximum Gasteiger partial charge on any atom is 0.244 e. The average Bonchev–Trinajstić information content (AvgIpc) is 3.69. The second-order valence-corrected chi connectivity index (χ2v) is 20.3. The van der Waals surface area contributed by atoms with Gasteiger partial charge in [-0.05, 0) is 134 Å². The van der Waals surface area contributed by atoms with Gasteiger partial charge in [0.2, 0.25) is 5.91 Å². The highest BCUT2D eigenvalue weighted by Crippen LogP contribution is 2.71. The molecule has 9 atom stereocenters. The fourth-order valence-corrected chi connectivity index (χ4v) is 12.9. The topological polar surface area (TPSA) is 101 Å². The number of benzene rings is 1. The number of carbonyl (C=O) groups is 2. The van der Waals surface area contributed by atoms with Crippen molar-refractivity contribution in [3.63, 3.8) is 0 Å². The van der Waals surface area contributed by atoms with E-state index >= 15 is 0 Å². The van der Waals surface area contributed by atoms with Gasteiger partial charge in [-0.3, -0.25) is 9.59 Å². The Morgan fingerprint density at radius 3 is 2.42 bits per heavy atom. The minimum absolute atomic E-state index is 0.0344. The summed E-state index contributed by atoms with van der Waals surface area (Å²) in [5.74, 6) is 0.194. The van der Waals surface area contributed by atoms with Crippen LogP contribution in [-0.2, 0) is 21.4 Å². The molecule has 0 bridgehead atoms. The highest BCUT2D eigenvalue weighted by Gasteiger charge is 2.67. The van der Waals surface area contributed by atoms with Gasteiger partial charge in [0.05, 0.1) is 34.5 Å². The molecule has 2 aromatic rings. The maximum atomic E-state index is 14.9. The van der Waals surface area contributed by atoms with Gasteiger partial charge in [0.25, 0.3) is 0 Å². The summed E-state index contributed by atoms with van der Waals surface area (Å²) in [4.78, 5) is 27.4. The van der Waals surface area contributed by atoms with Crippen LogP contribution in [0.5, 0.6) is 0 Å². The molecular weight excluding hydrogens is 661 g/mol. The number of hydrogen-bond acceptors (Lipinski definition) is 5. The number of aromatic nitrogens is 1. The first-order valence-electron chi connectivity index (χ1n) is 19.9. The van der Waals surface area contributed by atoms with Gasteiger partial charge in [0, 0.05) is 45.0 Å². The third-order valence-electron chi connectivity index (χ3n) is 14.9. The SMILES string of the molecule is C=C(C)[C@H]1C(=O)c2c3c(cc4c5c(n1c24)[C@@]1(C)C(CC[C@H]2[C@](C)(/C=C/C=C/C(=O)NC(C)(C)C)[C@@H](O)CC[C@@]21C)C5)C1=CC(C)(C)OC(C)(C)C1[C@@H]3O. The van der Waals surface area contributed by atoms with Gasteiger partial charge >= 0.3 is 0 Å². The number of nitrogens with one attached hydrogen (secondary N) is 1. The molecule has 0 saturated heterocycles. The van der Waals surface area contributed by atoms with Crippen molar-refractivity contribution in [2.45, 2.75) is 149 Å². The van der Waals surface area contributed by atoms with E-state index < -0.39 is 34.9 Å². The summed E-state index contributed by atoms with van der Waals surface area (Å²) in [7, 11) is 0. The van der Waals surface area contributed by atoms with E-state index in [1.165, 1.54) is 11.3 Å². The van der Waals surface area contributed by atoms with E-state index in [1.54, 1.807) is 12.2 Å². The fraction of sp³-hybridized carbons (Fsp3) is 0.609. The van der Waals surface area contributed by atoms with Gasteiger partial charge in [0.1, 0.15) is 6.04 Å². The van der Waals surface area contributed by atoms with Crippen molar-refractivity contribution in [2.75, 3.05) is 0 Å². The Balaban J connectivity index is 1.29. The van der Waals surface area contributed by atoms with Crippen molar-refractivity contribution in [2.24, 2.45) is 28.6 Å². The standard InChI is InChI=1S/C46H60N2O5/c1-24(2)36-39(52)34-33-26(29-23-42(6,7)53-43(8,9)35(29)38(33)51)22-27-28-21-25-16-17-30-44(10,19-14-13-15-32(50)47-41(3,4)5)31(49)18-20-45(30,11)46(25,12)40(28)48(36)37(27)34/h13-15,19,22-23,25,30-31,35-36,38,49,51H,1,16-18,20-21H2,2-12H3,(H,47,50)/b15-13+,19-14+/t25?,30-,31-,35?,36-,38+,44-,45-,46+/m0/s1. The molecule has 3 N–H and O–H groups in total. The van der Waals surface area contributed by atoms with Gasteiger partial charge in [-0.1, -0.05) is 51.2 Å². The number of rotatable bonds is 4. The van der Waals surface area contributed by atoms with Crippen LogP contribution in [0.2, 0.25) is 0 Å². The monoisotopic (exact) mass is 720 g/mol. The zero-order chi connectivity index (χ0) is 38.6. The lowest BCUT2D eigenvalue weighted by atomic mass is 9.40. The first-order chi connectivity index (χ1) is 24.5. The van der Waals surface area contributed by atoms with Crippen molar-refractivity contribution < 1.29 is 24.5 Å². The molecule has 2 aliphatic heterocycles. The summed E-state index contributed by atoms with van der Waals surface area (Å²) in [6.45, 7) is 27.7. The molecule has 1 aromatic heterocycles. The molecule has 7 heteroatoms. The van der Waals surface area contributed by atoms with Crippen LogP contribution < -0.4 is 5.32 Å². The molecular formula is C46H60N2O5. The number of ketones is 1. The van der Waals surface area contributed by atoms with Crippen LogP contribution >= 0.6 is 0 Å². The normalized spacial score (nSPS) is 37.8. The van der Waals surface area contributed by atoms with Crippen molar-refractivity contribution in [1.82, 2.24) is 9.88 Å². The number of hydrogen-bond donors (Lipinski definition) is 3. The Kier molecular flexibility index (Phi) is 7.73. The first kappa shape index (κ1) is 36.7. The lowest BCUT2D eigenvalue weighted by Crippen LogP contribution is -2.62. The number of Topliss-reactive ketones (excluding diaryl/α,β-unsaturated/α-hetero) is 1. The molecule has 7 nitrogen and oxygen atoms in total. The third kappa shape index (κ3) is 4.81. The Morgan fingerprint density at radius 1 is 1.06 bits per heavy atom. The predicted molar refractivity (Wildman–Crippen MR) is 211 cm³/mol. The van der Waals surface area contributed by atoms with Crippen molar-refractivity contribution in [3.05, 3.63) is 76.5 Å². The van der Waals surface area contributed by atoms with Gasteiger partial charge in [-0.25, -0.2) is 0 Å². The molecule has 0 radical (unpaired) electrons. The summed E-state index contributed by atoms with van der Waals surface area (Å²) < 4.78 is 8.90. The van der Waals surface area contributed by atoms with Crippen LogP contribution in [0.25, 0.3) is 16.5 Å². The Hall–Kier alpha value is -3.26. The summed E-state index contributed by atoms with van der Waals surface area (Å²) in [6.07, 6.45) is 12.8. The second-order valence-electron chi connectivity index (χ2n) is 20.3. The quantitative estimate of drug-likeness (QED) is 0.167. The van der Waals surface area contributed by atoms with Crippen molar-refractivity contribution in [1.29, 1.82) is 0 Å². The van der Waals surface area contributed by atoms with E-state index in [0.717, 1.165) is 58.9 Å². The summed E-state index contributed by atoms with van der Waals surface area (Å²) in [5, 5.41) is 28.1. The van der Waals surface area contributed by atoms with Crippen LogP contribution in [0.4, 0.5) is 0 Å². The van der Waals surface area contributed by atoms with Crippen molar-refractivity contribution >= 4 is 28.2 Å².